The Labute approximate surface area is 217 Å². The first-order chi connectivity index (χ1) is 16.5. The average Bonchev–Trinajstić information content (AvgIpc) is 3.15. The van der Waals surface area contributed by atoms with Gasteiger partial charge in [0.25, 0.3) is 0 Å². The molecule has 2 aliphatic heterocycles. The van der Waals surface area contributed by atoms with Crippen LogP contribution in [-0.2, 0) is 27.2 Å². The van der Waals surface area contributed by atoms with Gasteiger partial charge < -0.3 is 14.3 Å². The lowest BCUT2D eigenvalue weighted by Gasteiger charge is -2.32. The maximum absolute atomic E-state index is 7.00. The summed E-state index contributed by atoms with van der Waals surface area (Å²) in [6, 6.07) is 17.5. The van der Waals surface area contributed by atoms with Crippen molar-refractivity contribution in [1.82, 2.24) is 0 Å². The Balaban J connectivity index is 1.63. The Bertz CT molecular complexity index is 1150. The molecule has 2 heterocycles. The van der Waals surface area contributed by atoms with Gasteiger partial charge in [-0.2, -0.15) is 0 Å². The van der Waals surface area contributed by atoms with Crippen LogP contribution in [0.1, 0.15) is 70.9 Å². The zero-order chi connectivity index (χ0) is 25.0. The minimum absolute atomic E-state index is 0.121. The Hall–Kier alpha value is -1.87. The van der Waals surface area contributed by atoms with E-state index < -0.39 is 6.26 Å². The van der Waals surface area contributed by atoms with Gasteiger partial charge in [-0.05, 0) is 47.7 Å². The molecule has 0 aromatic heterocycles. The molecule has 3 nitrogen and oxygen atoms in total. The maximum Gasteiger partial charge on any atom is 0.113 e. The van der Waals surface area contributed by atoms with Gasteiger partial charge in [-0.3, -0.25) is 0 Å². The fraction of sp³-hybridized carbons (Fsp3) is 0.467. The molecule has 1 saturated carbocycles. The maximum atomic E-state index is 7.00. The zero-order valence-electron chi connectivity index (χ0n) is 22.0. The van der Waals surface area contributed by atoms with Crippen LogP contribution in [-0.4, -0.2) is 20.2 Å². The van der Waals surface area contributed by atoms with Crippen molar-refractivity contribution in [2.45, 2.75) is 76.7 Å². The Morgan fingerprint density at radius 3 is 1.63 bits per heavy atom. The number of hydrogen-bond acceptors (Lipinski definition) is 4. The molecule has 2 aromatic rings. The Morgan fingerprint density at radius 1 is 0.771 bits per heavy atom. The SMILES string of the molecule is CN1/C(=C\P(=S)(/C=C2/N(C)c3ccccc3C2(C)C)OC2CCCCC2)C(C)(C)c2ccccc21. The predicted molar refractivity (Wildman–Crippen MR) is 154 cm³/mol. The Kier molecular flexibility index (Phi) is 6.31. The van der Waals surface area contributed by atoms with Crippen LogP contribution in [0.15, 0.2) is 71.6 Å². The fourth-order valence-electron chi connectivity index (χ4n) is 6.30. The van der Waals surface area contributed by atoms with E-state index in [-0.39, 0.29) is 16.9 Å². The summed E-state index contributed by atoms with van der Waals surface area (Å²) in [6.07, 6.45) is 3.81. The molecule has 1 atom stereocenters. The van der Waals surface area contributed by atoms with Crippen molar-refractivity contribution in [2.24, 2.45) is 0 Å². The molecular formula is C30H39N2OPS. The van der Waals surface area contributed by atoms with Crippen molar-refractivity contribution in [3.63, 3.8) is 0 Å². The summed E-state index contributed by atoms with van der Waals surface area (Å²) < 4.78 is 7.00. The molecule has 0 amide bonds. The van der Waals surface area contributed by atoms with Gasteiger partial charge in [0.05, 0.1) is 6.10 Å². The van der Waals surface area contributed by atoms with Gasteiger partial charge >= 0.3 is 0 Å². The van der Waals surface area contributed by atoms with Crippen LogP contribution in [0, 0.1) is 0 Å². The summed E-state index contributed by atoms with van der Waals surface area (Å²) in [5.74, 6) is 4.69. The van der Waals surface area contributed by atoms with Gasteiger partial charge in [-0.1, -0.05) is 95.2 Å². The third-order valence-electron chi connectivity index (χ3n) is 8.35. The summed E-state index contributed by atoms with van der Waals surface area (Å²) in [5.41, 5.74) is 7.50. The lowest BCUT2D eigenvalue weighted by molar-refractivity contribution is 0.176. The van der Waals surface area contributed by atoms with Crippen LogP contribution in [0.5, 0.6) is 0 Å². The van der Waals surface area contributed by atoms with E-state index in [1.165, 1.54) is 53.2 Å². The van der Waals surface area contributed by atoms with Gasteiger partial charge in [0.15, 0.2) is 0 Å². The molecule has 1 fully saturated rings. The van der Waals surface area contributed by atoms with E-state index in [9.17, 15) is 0 Å². The van der Waals surface area contributed by atoms with Crippen molar-refractivity contribution < 1.29 is 4.52 Å². The highest BCUT2D eigenvalue weighted by Crippen LogP contribution is 2.61. The molecule has 0 radical (unpaired) electrons. The number of hydrogen-bond donors (Lipinski definition) is 0. The molecule has 0 bridgehead atoms. The number of benzene rings is 2. The first kappa shape index (κ1) is 24.8. The molecule has 1 aliphatic carbocycles. The van der Waals surface area contributed by atoms with E-state index in [1.807, 2.05) is 0 Å². The summed E-state index contributed by atoms with van der Waals surface area (Å²) >= 11 is 6.57. The van der Waals surface area contributed by atoms with Crippen LogP contribution in [0.3, 0.4) is 0 Å². The highest BCUT2D eigenvalue weighted by Gasteiger charge is 2.42. The topological polar surface area (TPSA) is 15.7 Å². The van der Waals surface area contributed by atoms with E-state index >= 15 is 0 Å². The highest BCUT2D eigenvalue weighted by molar-refractivity contribution is 8.15. The molecule has 1 unspecified atom stereocenters. The van der Waals surface area contributed by atoms with E-state index in [0.29, 0.717) is 0 Å². The molecule has 5 rings (SSSR count). The van der Waals surface area contributed by atoms with Crippen molar-refractivity contribution in [2.75, 3.05) is 23.9 Å². The average molecular weight is 507 g/mol. The zero-order valence-corrected chi connectivity index (χ0v) is 23.8. The molecule has 2 aromatic carbocycles. The van der Waals surface area contributed by atoms with E-state index in [2.05, 4.69) is 112 Å². The van der Waals surface area contributed by atoms with Crippen molar-refractivity contribution in [3.05, 3.63) is 82.7 Å². The number of allylic oxidation sites excluding steroid dienone is 2. The fourth-order valence-corrected chi connectivity index (χ4v) is 9.81. The van der Waals surface area contributed by atoms with Gasteiger partial charge in [0.1, 0.15) is 6.26 Å². The highest BCUT2D eigenvalue weighted by atomic mass is 32.4. The van der Waals surface area contributed by atoms with E-state index in [0.717, 1.165) is 12.8 Å². The second-order valence-corrected chi connectivity index (χ2v) is 15.2. The monoisotopic (exact) mass is 506 g/mol. The van der Waals surface area contributed by atoms with Gasteiger partial charge in [0, 0.05) is 47.7 Å². The molecule has 186 valence electrons. The summed E-state index contributed by atoms with van der Waals surface area (Å²) in [6.45, 7) is 9.26. The van der Waals surface area contributed by atoms with Crippen LogP contribution < -0.4 is 9.80 Å². The first-order valence-corrected chi connectivity index (χ1v) is 15.8. The number of fused-ring (bicyclic) bond motifs is 2. The number of para-hydroxylation sites is 2. The second-order valence-electron chi connectivity index (χ2n) is 11.4. The Morgan fingerprint density at radius 2 is 1.20 bits per heavy atom. The van der Waals surface area contributed by atoms with Crippen LogP contribution in [0.4, 0.5) is 11.4 Å². The quantitative estimate of drug-likeness (QED) is 0.388. The van der Waals surface area contributed by atoms with Crippen LogP contribution >= 0.6 is 6.26 Å². The molecule has 0 saturated heterocycles. The van der Waals surface area contributed by atoms with Crippen LogP contribution in [0.25, 0.3) is 0 Å². The molecule has 35 heavy (non-hydrogen) atoms. The molecule has 3 aliphatic rings. The summed E-state index contributed by atoms with van der Waals surface area (Å²) in [5, 5.41) is 0. The predicted octanol–water partition coefficient (Wildman–Crippen LogP) is 8.27. The summed E-state index contributed by atoms with van der Waals surface area (Å²) in [7, 11) is 4.35. The number of likely N-dealkylation sites (N-methyl/N-ethyl adjacent to an activating group) is 2. The number of rotatable bonds is 4. The smallest absolute Gasteiger partial charge is 0.113 e. The minimum atomic E-state index is -2.45. The van der Waals surface area contributed by atoms with Crippen molar-refractivity contribution >= 4 is 29.4 Å². The molecule has 0 spiro atoms. The van der Waals surface area contributed by atoms with Crippen molar-refractivity contribution in [3.8, 4) is 0 Å². The molecule has 5 heteroatoms. The second kappa shape index (κ2) is 8.91. The minimum Gasteiger partial charge on any atom is -0.347 e. The standard InChI is InChI=1S/C30H39N2OPS/c1-29(2)23-16-10-12-18-25(23)31(5)27(29)20-34(35,33-22-14-8-7-9-15-22)21-28-30(3,4)24-17-11-13-19-26(24)32(28)6/h10-13,16-22H,7-9,14-15H2,1-6H3/b27-20-,28-21+. The first-order valence-electron chi connectivity index (χ1n) is 13.0. The normalized spacial score (nSPS) is 25.1. The van der Waals surface area contributed by atoms with Crippen molar-refractivity contribution in [1.29, 1.82) is 0 Å². The number of nitrogens with zero attached hydrogens (tertiary/aromatic N) is 2. The third kappa shape index (κ3) is 4.22. The largest absolute Gasteiger partial charge is 0.347 e. The van der Waals surface area contributed by atoms with Gasteiger partial charge in [-0.15, -0.1) is 0 Å². The lowest BCUT2D eigenvalue weighted by Crippen LogP contribution is -2.25. The number of anilines is 2. The van der Waals surface area contributed by atoms with E-state index in [1.54, 1.807) is 0 Å². The third-order valence-corrected chi connectivity index (χ3v) is 11.1. The van der Waals surface area contributed by atoms with E-state index in [4.69, 9.17) is 16.3 Å². The molecular weight excluding hydrogens is 467 g/mol. The molecule has 0 N–H and O–H groups in total. The van der Waals surface area contributed by atoms with Gasteiger partial charge in [-0.25, -0.2) is 0 Å². The van der Waals surface area contributed by atoms with Gasteiger partial charge in [0.2, 0.25) is 0 Å². The van der Waals surface area contributed by atoms with Crippen LogP contribution in [0.2, 0.25) is 0 Å². The summed E-state index contributed by atoms with van der Waals surface area (Å²) in [4.78, 5) is 4.66. The lowest BCUT2D eigenvalue weighted by atomic mass is 9.84.